The van der Waals surface area contributed by atoms with Gasteiger partial charge in [0, 0.05) is 19.5 Å². The van der Waals surface area contributed by atoms with Gasteiger partial charge in [0.25, 0.3) is 0 Å². The maximum atomic E-state index is 13.5. The van der Waals surface area contributed by atoms with E-state index in [2.05, 4.69) is 5.32 Å². The fraction of sp³-hybridized carbons (Fsp3) is 0.259. The number of amides is 2. The number of halogens is 1. The van der Waals surface area contributed by atoms with Gasteiger partial charge in [-0.3, -0.25) is 9.59 Å². The first-order valence-electron chi connectivity index (χ1n) is 11.3. The molecule has 0 aromatic heterocycles. The van der Waals surface area contributed by atoms with E-state index >= 15 is 0 Å². The van der Waals surface area contributed by atoms with Gasteiger partial charge in [-0.05, 0) is 47.4 Å². The summed E-state index contributed by atoms with van der Waals surface area (Å²) < 4.78 is 24.2. The van der Waals surface area contributed by atoms with Gasteiger partial charge in [0.15, 0.2) is 11.5 Å². The molecule has 3 aromatic rings. The summed E-state index contributed by atoms with van der Waals surface area (Å²) in [5.74, 6) is 0.529. The Labute approximate surface area is 198 Å². The fourth-order valence-corrected chi connectivity index (χ4v) is 3.91. The van der Waals surface area contributed by atoms with Gasteiger partial charge in [-0.2, -0.15) is 0 Å². The molecule has 0 saturated carbocycles. The Morgan fingerprint density at radius 1 is 0.971 bits per heavy atom. The number of fused-ring (bicyclic) bond motifs is 1. The summed E-state index contributed by atoms with van der Waals surface area (Å²) in [4.78, 5) is 28.3. The molecule has 1 aliphatic heterocycles. The normalized spacial score (nSPS) is 12.8. The predicted octanol–water partition coefficient (Wildman–Crippen LogP) is 4.74. The Hall–Kier alpha value is -3.87. The zero-order valence-electron chi connectivity index (χ0n) is 19.0. The van der Waals surface area contributed by atoms with Gasteiger partial charge in [0.2, 0.25) is 18.6 Å². The van der Waals surface area contributed by atoms with Crippen molar-refractivity contribution in [1.29, 1.82) is 0 Å². The van der Waals surface area contributed by atoms with E-state index in [1.54, 1.807) is 17.0 Å². The zero-order chi connectivity index (χ0) is 23.9. The van der Waals surface area contributed by atoms with Gasteiger partial charge in [0.1, 0.15) is 11.9 Å². The molecule has 0 fully saturated rings. The zero-order valence-corrected chi connectivity index (χ0v) is 19.0. The molecule has 0 spiro atoms. The van der Waals surface area contributed by atoms with Gasteiger partial charge >= 0.3 is 0 Å². The van der Waals surface area contributed by atoms with Crippen molar-refractivity contribution < 1.29 is 23.5 Å². The number of benzene rings is 3. The van der Waals surface area contributed by atoms with Crippen molar-refractivity contribution >= 4 is 11.8 Å². The summed E-state index contributed by atoms with van der Waals surface area (Å²) >= 11 is 0. The molecule has 1 N–H and O–H groups in total. The molecule has 0 aliphatic carbocycles. The molecule has 0 radical (unpaired) electrons. The highest BCUT2D eigenvalue weighted by Gasteiger charge is 2.31. The van der Waals surface area contributed by atoms with E-state index in [9.17, 15) is 14.0 Å². The molecular weight excluding hydrogens is 435 g/mol. The van der Waals surface area contributed by atoms with Crippen LogP contribution in [0.2, 0.25) is 0 Å². The highest BCUT2D eigenvalue weighted by Crippen LogP contribution is 2.32. The summed E-state index contributed by atoms with van der Waals surface area (Å²) in [5, 5.41) is 2.97. The number of hydrogen-bond acceptors (Lipinski definition) is 4. The Morgan fingerprint density at radius 2 is 1.68 bits per heavy atom. The minimum absolute atomic E-state index is 0.140. The number of ether oxygens (including phenoxy) is 2. The highest BCUT2D eigenvalue weighted by molar-refractivity contribution is 5.88. The third-order valence-electron chi connectivity index (χ3n) is 5.63. The van der Waals surface area contributed by atoms with Crippen LogP contribution in [0.1, 0.15) is 42.5 Å². The molecule has 3 aromatic carbocycles. The Morgan fingerprint density at radius 3 is 2.41 bits per heavy atom. The third kappa shape index (κ3) is 5.54. The van der Waals surface area contributed by atoms with Crippen molar-refractivity contribution in [3.8, 4) is 11.5 Å². The molecular formula is C27H27FN2O4. The second-order valence-electron chi connectivity index (χ2n) is 8.12. The lowest BCUT2D eigenvalue weighted by molar-refractivity contribution is -0.141. The van der Waals surface area contributed by atoms with Crippen molar-refractivity contribution in [3.63, 3.8) is 0 Å². The van der Waals surface area contributed by atoms with Crippen LogP contribution in [0, 0.1) is 5.82 Å². The number of rotatable bonds is 9. The van der Waals surface area contributed by atoms with Crippen LogP contribution in [-0.4, -0.2) is 23.5 Å². The van der Waals surface area contributed by atoms with Gasteiger partial charge < -0.3 is 19.7 Å². The standard InChI is InChI=1S/C27H27FN2O4/c1-2-6-25(31)30(17-19-9-12-22(28)13-10-19)26(21-7-4-3-5-8-21)27(32)29-16-20-11-14-23-24(15-20)34-18-33-23/h3-5,7-15,26H,2,6,16-18H2,1H3,(H,29,32)/t26-/m1/s1. The second kappa shape index (κ2) is 10.8. The monoisotopic (exact) mass is 462 g/mol. The summed E-state index contributed by atoms with van der Waals surface area (Å²) in [7, 11) is 0. The van der Waals surface area contributed by atoms with Crippen molar-refractivity contribution in [3.05, 3.63) is 95.3 Å². The van der Waals surface area contributed by atoms with Crippen molar-refractivity contribution in [2.24, 2.45) is 0 Å². The first kappa shape index (κ1) is 23.3. The van der Waals surface area contributed by atoms with Crippen LogP contribution in [0.25, 0.3) is 0 Å². The average Bonchev–Trinajstić information content (AvgIpc) is 3.32. The Balaban J connectivity index is 1.60. The highest BCUT2D eigenvalue weighted by atomic mass is 19.1. The summed E-state index contributed by atoms with van der Waals surface area (Å²) in [6.07, 6.45) is 0.957. The van der Waals surface area contributed by atoms with Crippen LogP contribution >= 0.6 is 0 Å². The lowest BCUT2D eigenvalue weighted by atomic mass is 10.0. The van der Waals surface area contributed by atoms with Crippen molar-refractivity contribution in [2.45, 2.75) is 38.9 Å². The molecule has 34 heavy (non-hydrogen) atoms. The second-order valence-corrected chi connectivity index (χ2v) is 8.12. The van der Waals surface area contributed by atoms with Crippen LogP contribution in [0.3, 0.4) is 0 Å². The minimum atomic E-state index is -0.834. The number of hydrogen-bond donors (Lipinski definition) is 1. The van der Waals surface area contributed by atoms with Crippen LogP contribution < -0.4 is 14.8 Å². The van der Waals surface area contributed by atoms with Crippen LogP contribution in [0.4, 0.5) is 4.39 Å². The van der Waals surface area contributed by atoms with E-state index in [1.165, 1.54) is 12.1 Å². The van der Waals surface area contributed by atoms with E-state index in [-0.39, 0.29) is 37.5 Å². The molecule has 1 aliphatic rings. The molecule has 0 unspecified atom stereocenters. The first-order valence-corrected chi connectivity index (χ1v) is 11.3. The van der Waals surface area contributed by atoms with Gasteiger partial charge in [-0.15, -0.1) is 0 Å². The lowest BCUT2D eigenvalue weighted by Crippen LogP contribution is -2.43. The van der Waals surface area contributed by atoms with E-state index in [0.717, 1.165) is 11.1 Å². The number of nitrogens with one attached hydrogen (secondary N) is 1. The number of nitrogens with zero attached hydrogens (tertiary/aromatic N) is 1. The molecule has 4 rings (SSSR count). The Kier molecular flexibility index (Phi) is 7.42. The Bertz CT molecular complexity index is 1140. The summed E-state index contributed by atoms with van der Waals surface area (Å²) in [5.41, 5.74) is 2.31. The topological polar surface area (TPSA) is 67.9 Å². The quantitative estimate of drug-likeness (QED) is 0.499. The average molecular weight is 463 g/mol. The van der Waals surface area contributed by atoms with Gasteiger partial charge in [-0.25, -0.2) is 4.39 Å². The molecule has 176 valence electrons. The molecule has 0 bridgehead atoms. The van der Waals surface area contributed by atoms with Crippen LogP contribution in [-0.2, 0) is 22.7 Å². The third-order valence-corrected chi connectivity index (χ3v) is 5.63. The molecule has 1 atom stereocenters. The maximum Gasteiger partial charge on any atom is 0.247 e. The van der Waals surface area contributed by atoms with E-state index < -0.39 is 6.04 Å². The minimum Gasteiger partial charge on any atom is -0.454 e. The molecule has 6 nitrogen and oxygen atoms in total. The molecule has 0 saturated heterocycles. The van der Waals surface area contributed by atoms with E-state index in [1.807, 2.05) is 55.5 Å². The molecule has 2 amide bonds. The first-order chi connectivity index (χ1) is 16.5. The van der Waals surface area contributed by atoms with Crippen LogP contribution in [0.5, 0.6) is 11.5 Å². The summed E-state index contributed by atoms with van der Waals surface area (Å²) in [6.45, 7) is 2.56. The van der Waals surface area contributed by atoms with Crippen molar-refractivity contribution in [1.82, 2.24) is 10.2 Å². The largest absolute Gasteiger partial charge is 0.454 e. The van der Waals surface area contributed by atoms with E-state index in [0.29, 0.717) is 29.9 Å². The summed E-state index contributed by atoms with van der Waals surface area (Å²) in [6, 6.07) is 19.9. The predicted molar refractivity (Wildman–Crippen MR) is 125 cm³/mol. The SMILES string of the molecule is CCCC(=O)N(Cc1ccc(F)cc1)[C@@H](C(=O)NCc1ccc2c(c1)OCO2)c1ccccc1. The number of carbonyl (C=O) groups excluding carboxylic acids is 2. The van der Waals surface area contributed by atoms with Gasteiger partial charge in [-0.1, -0.05) is 55.5 Å². The smallest absolute Gasteiger partial charge is 0.247 e. The number of carbonyl (C=O) groups is 2. The van der Waals surface area contributed by atoms with Crippen LogP contribution in [0.15, 0.2) is 72.8 Å². The lowest BCUT2D eigenvalue weighted by Gasteiger charge is -2.31. The van der Waals surface area contributed by atoms with Crippen molar-refractivity contribution in [2.75, 3.05) is 6.79 Å². The maximum absolute atomic E-state index is 13.5. The fourth-order valence-electron chi connectivity index (χ4n) is 3.91. The van der Waals surface area contributed by atoms with Gasteiger partial charge in [0.05, 0.1) is 0 Å². The molecule has 1 heterocycles. The molecule has 7 heteroatoms. The van der Waals surface area contributed by atoms with E-state index in [4.69, 9.17) is 9.47 Å².